The van der Waals surface area contributed by atoms with Crippen LogP contribution in [0.15, 0.2) is 60.8 Å². The number of hydrogen-bond acceptors (Lipinski definition) is 6. The number of aromatic nitrogens is 4. The van der Waals surface area contributed by atoms with E-state index in [-0.39, 0.29) is 23.5 Å². The van der Waals surface area contributed by atoms with Crippen LogP contribution >= 0.6 is 11.3 Å². The highest BCUT2D eigenvalue weighted by Gasteiger charge is 2.29. The Morgan fingerprint density at radius 3 is 2.67 bits per heavy atom. The first-order chi connectivity index (χ1) is 16.1. The predicted octanol–water partition coefficient (Wildman–Crippen LogP) is 2.70. The highest BCUT2D eigenvalue weighted by molar-refractivity contribution is 7.20. The molecule has 1 amide bonds. The average Bonchev–Trinajstić information content (AvgIpc) is 3.45. The first-order valence-corrected chi connectivity index (χ1v) is 11.4. The minimum absolute atomic E-state index is 0.0366. The number of carbonyl (C=O) groups excluding carboxylic acids is 1. The normalized spacial score (nSPS) is 17.7. The molecule has 0 saturated carbocycles. The molecule has 2 aromatic carbocycles. The fraction of sp³-hybridized carbons (Fsp3) is 0.120. The van der Waals surface area contributed by atoms with Crippen molar-refractivity contribution in [1.29, 1.82) is 0 Å². The van der Waals surface area contributed by atoms with E-state index in [0.717, 1.165) is 21.0 Å². The Hall–Kier alpha value is -4.04. The van der Waals surface area contributed by atoms with Crippen LogP contribution in [0.5, 0.6) is 5.88 Å². The zero-order chi connectivity index (χ0) is 22.5. The maximum absolute atomic E-state index is 13.1. The second kappa shape index (κ2) is 7.53. The summed E-state index contributed by atoms with van der Waals surface area (Å²) in [5, 5.41) is 23.8. The SMILES string of the molecule is C[C@H]1C(c2cc3ccccc3s2)=c2[nH]ncc2=CC1NC(=O)c1nc2ccccc2nc1O. The molecule has 0 radical (unpaired) electrons. The Labute approximate surface area is 192 Å². The number of carbonyl (C=O) groups is 1. The fourth-order valence-corrected chi connectivity index (χ4v) is 5.59. The van der Waals surface area contributed by atoms with Crippen molar-refractivity contribution in [2.75, 3.05) is 0 Å². The van der Waals surface area contributed by atoms with E-state index in [0.29, 0.717) is 11.0 Å². The summed E-state index contributed by atoms with van der Waals surface area (Å²) in [6, 6.07) is 17.3. The van der Waals surface area contributed by atoms with E-state index in [1.807, 2.05) is 30.3 Å². The van der Waals surface area contributed by atoms with E-state index in [1.54, 1.807) is 29.7 Å². The maximum Gasteiger partial charge on any atom is 0.276 e. The Morgan fingerprint density at radius 2 is 1.85 bits per heavy atom. The molecule has 3 aromatic heterocycles. The van der Waals surface area contributed by atoms with Gasteiger partial charge in [-0.15, -0.1) is 11.3 Å². The smallest absolute Gasteiger partial charge is 0.276 e. The van der Waals surface area contributed by atoms with Crippen LogP contribution in [0.3, 0.4) is 0 Å². The summed E-state index contributed by atoms with van der Waals surface area (Å²) in [5.41, 5.74) is 2.10. The largest absolute Gasteiger partial charge is 0.492 e. The topological polar surface area (TPSA) is 104 Å². The minimum Gasteiger partial charge on any atom is -0.492 e. The zero-order valence-electron chi connectivity index (χ0n) is 17.6. The molecule has 0 bridgehead atoms. The molecule has 6 rings (SSSR count). The van der Waals surface area contributed by atoms with E-state index in [4.69, 9.17) is 0 Å². The second-order valence-electron chi connectivity index (χ2n) is 8.10. The van der Waals surface area contributed by atoms with Crippen LogP contribution in [0.25, 0.3) is 32.8 Å². The van der Waals surface area contributed by atoms with Crippen LogP contribution < -0.4 is 15.9 Å². The van der Waals surface area contributed by atoms with Crippen molar-refractivity contribution < 1.29 is 9.90 Å². The number of aromatic amines is 1. The molecule has 1 aliphatic carbocycles. The van der Waals surface area contributed by atoms with Crippen molar-refractivity contribution in [3.05, 3.63) is 81.9 Å². The monoisotopic (exact) mass is 453 g/mol. The number of hydrogen-bond donors (Lipinski definition) is 3. The Kier molecular flexibility index (Phi) is 4.48. The standard InChI is InChI=1S/C25H19N5O2S/c1-13-18(29-25(32)23-24(31)28-17-8-4-3-7-16(17)27-23)10-15-12-26-30-22(15)21(13)20-11-14-6-2-5-9-19(14)33-20/h2-13,18,30H,1H3,(H,28,31)(H,29,32)/t13-,18?/m1/s1. The number of amides is 1. The van der Waals surface area contributed by atoms with Crippen LogP contribution in [0, 0.1) is 5.92 Å². The van der Waals surface area contributed by atoms with Crippen LogP contribution in [-0.4, -0.2) is 37.2 Å². The lowest BCUT2D eigenvalue weighted by molar-refractivity contribution is 0.0933. The van der Waals surface area contributed by atoms with Gasteiger partial charge in [0.25, 0.3) is 5.91 Å². The first kappa shape index (κ1) is 19.6. The van der Waals surface area contributed by atoms with Gasteiger partial charge in [-0.05, 0) is 29.7 Å². The first-order valence-electron chi connectivity index (χ1n) is 10.6. The summed E-state index contributed by atoms with van der Waals surface area (Å²) < 4.78 is 1.21. The van der Waals surface area contributed by atoms with E-state index in [1.165, 1.54) is 10.1 Å². The molecule has 3 N–H and O–H groups in total. The molecule has 0 aliphatic heterocycles. The lowest BCUT2D eigenvalue weighted by Crippen LogP contribution is -2.46. The van der Waals surface area contributed by atoms with E-state index in [9.17, 15) is 9.90 Å². The van der Waals surface area contributed by atoms with Crippen molar-refractivity contribution in [2.24, 2.45) is 5.92 Å². The number of benzene rings is 2. The van der Waals surface area contributed by atoms with Crippen molar-refractivity contribution in [3.63, 3.8) is 0 Å². The predicted molar refractivity (Wildman–Crippen MR) is 128 cm³/mol. The van der Waals surface area contributed by atoms with Gasteiger partial charge in [-0.1, -0.05) is 43.3 Å². The van der Waals surface area contributed by atoms with Crippen LogP contribution in [0.2, 0.25) is 0 Å². The van der Waals surface area contributed by atoms with Gasteiger partial charge in [-0.2, -0.15) is 5.10 Å². The van der Waals surface area contributed by atoms with E-state index >= 15 is 0 Å². The third-order valence-corrected chi connectivity index (χ3v) is 7.20. The molecule has 3 heterocycles. The Bertz CT molecular complexity index is 1640. The molecule has 7 nitrogen and oxygen atoms in total. The van der Waals surface area contributed by atoms with Crippen LogP contribution in [0.4, 0.5) is 0 Å². The summed E-state index contributed by atoms with van der Waals surface area (Å²) in [5.74, 6) is -0.889. The molecule has 5 aromatic rings. The molecule has 33 heavy (non-hydrogen) atoms. The highest BCUT2D eigenvalue weighted by Crippen LogP contribution is 2.34. The van der Waals surface area contributed by atoms with Crippen molar-refractivity contribution in [3.8, 4) is 5.88 Å². The van der Waals surface area contributed by atoms with Gasteiger partial charge in [-0.3, -0.25) is 9.89 Å². The number of rotatable bonds is 3. The number of nitrogens with one attached hydrogen (secondary N) is 2. The third kappa shape index (κ3) is 3.27. The van der Waals surface area contributed by atoms with Gasteiger partial charge in [-0.25, -0.2) is 9.97 Å². The average molecular weight is 454 g/mol. The van der Waals surface area contributed by atoms with Gasteiger partial charge >= 0.3 is 0 Å². The molecule has 2 atom stereocenters. The van der Waals surface area contributed by atoms with Gasteiger partial charge in [0.15, 0.2) is 5.69 Å². The van der Waals surface area contributed by atoms with Gasteiger partial charge in [0.05, 0.1) is 28.6 Å². The molecule has 1 aliphatic rings. The van der Waals surface area contributed by atoms with Crippen LogP contribution in [0.1, 0.15) is 22.3 Å². The number of aromatic hydroxyl groups is 1. The minimum atomic E-state index is -0.471. The quantitative estimate of drug-likeness (QED) is 0.390. The lowest BCUT2D eigenvalue weighted by atomic mass is 9.87. The number of H-pyrrole nitrogens is 1. The molecular formula is C25H19N5O2S. The molecular weight excluding hydrogens is 434 g/mol. The highest BCUT2D eigenvalue weighted by atomic mass is 32.1. The molecule has 8 heteroatoms. The Balaban J connectivity index is 1.39. The van der Waals surface area contributed by atoms with E-state index < -0.39 is 5.91 Å². The van der Waals surface area contributed by atoms with Gasteiger partial charge in [0.1, 0.15) is 0 Å². The third-order valence-electron chi connectivity index (χ3n) is 6.05. The number of fused-ring (bicyclic) bond motifs is 3. The fourth-order valence-electron chi connectivity index (χ4n) is 4.37. The molecule has 0 spiro atoms. The van der Waals surface area contributed by atoms with Gasteiger partial charge in [0.2, 0.25) is 5.88 Å². The van der Waals surface area contributed by atoms with Crippen LogP contribution in [-0.2, 0) is 0 Å². The number of para-hydroxylation sites is 2. The Morgan fingerprint density at radius 1 is 1.09 bits per heavy atom. The summed E-state index contributed by atoms with van der Waals surface area (Å²) in [4.78, 5) is 22.7. The summed E-state index contributed by atoms with van der Waals surface area (Å²) in [6.07, 6.45) is 3.75. The van der Waals surface area contributed by atoms with Crippen molar-refractivity contribution in [1.82, 2.24) is 25.5 Å². The summed E-state index contributed by atoms with van der Waals surface area (Å²) >= 11 is 1.72. The van der Waals surface area contributed by atoms with Gasteiger partial charge < -0.3 is 10.4 Å². The zero-order valence-corrected chi connectivity index (χ0v) is 18.4. The molecule has 0 saturated heterocycles. The van der Waals surface area contributed by atoms with Crippen molar-refractivity contribution >= 4 is 50.0 Å². The number of thiophene rings is 1. The van der Waals surface area contributed by atoms with E-state index in [2.05, 4.69) is 50.6 Å². The summed E-state index contributed by atoms with van der Waals surface area (Å²) in [7, 11) is 0. The molecule has 162 valence electrons. The maximum atomic E-state index is 13.1. The van der Waals surface area contributed by atoms with Gasteiger partial charge in [0, 0.05) is 26.3 Å². The summed E-state index contributed by atoms with van der Waals surface area (Å²) in [6.45, 7) is 2.08. The lowest BCUT2D eigenvalue weighted by Gasteiger charge is -2.26. The second-order valence-corrected chi connectivity index (χ2v) is 9.19. The molecule has 0 fully saturated rings. The number of nitrogens with zero attached hydrogens (tertiary/aromatic N) is 3. The molecule has 1 unspecified atom stereocenters. The van der Waals surface area contributed by atoms with Crippen molar-refractivity contribution in [2.45, 2.75) is 13.0 Å².